The maximum Gasteiger partial charge on any atom is 0.0840 e. The van der Waals surface area contributed by atoms with Gasteiger partial charge in [0.2, 0.25) is 0 Å². The van der Waals surface area contributed by atoms with Crippen LogP contribution in [0.3, 0.4) is 0 Å². The molecular weight excluding hydrogens is 228 g/mol. The Balaban J connectivity index is 2.44. The van der Waals surface area contributed by atoms with Crippen LogP contribution in [0.1, 0.15) is 33.2 Å². The summed E-state index contributed by atoms with van der Waals surface area (Å²) in [6, 6.07) is 14.7. The largest absolute Gasteiger partial charge is 0.113 e. The van der Waals surface area contributed by atoms with Crippen LogP contribution in [0.2, 0.25) is 0 Å². The number of alkyl halides is 1. The van der Waals surface area contributed by atoms with Crippen LogP contribution in [0, 0.1) is 20.8 Å². The molecule has 0 radical (unpaired) electrons. The molecule has 0 amide bonds. The SMILES string of the molecule is Cc1ccc(C(Cl)c2ccccc2C)c(C)c1. The van der Waals surface area contributed by atoms with Crippen LogP contribution < -0.4 is 0 Å². The smallest absolute Gasteiger partial charge is 0.0840 e. The van der Waals surface area contributed by atoms with E-state index in [9.17, 15) is 0 Å². The van der Waals surface area contributed by atoms with E-state index in [1.54, 1.807) is 0 Å². The lowest BCUT2D eigenvalue weighted by atomic mass is 9.96. The summed E-state index contributed by atoms with van der Waals surface area (Å²) in [6.07, 6.45) is 0. The highest BCUT2D eigenvalue weighted by Crippen LogP contribution is 2.32. The van der Waals surface area contributed by atoms with E-state index in [4.69, 9.17) is 11.6 Å². The highest BCUT2D eigenvalue weighted by Gasteiger charge is 2.14. The third kappa shape index (κ3) is 2.53. The van der Waals surface area contributed by atoms with Crippen LogP contribution in [0.15, 0.2) is 42.5 Å². The van der Waals surface area contributed by atoms with Gasteiger partial charge in [-0.2, -0.15) is 0 Å². The van der Waals surface area contributed by atoms with Crippen molar-refractivity contribution in [1.82, 2.24) is 0 Å². The van der Waals surface area contributed by atoms with E-state index in [0.29, 0.717) is 0 Å². The number of hydrogen-bond acceptors (Lipinski definition) is 0. The van der Waals surface area contributed by atoms with Gasteiger partial charge in [-0.05, 0) is 43.0 Å². The zero-order valence-electron chi connectivity index (χ0n) is 10.5. The van der Waals surface area contributed by atoms with Crippen molar-refractivity contribution in [2.45, 2.75) is 26.1 Å². The first-order valence-electron chi connectivity index (χ1n) is 5.86. The maximum atomic E-state index is 6.59. The second-order valence-electron chi connectivity index (χ2n) is 4.58. The monoisotopic (exact) mass is 244 g/mol. The third-order valence-electron chi connectivity index (χ3n) is 3.16. The quantitative estimate of drug-likeness (QED) is 0.657. The first-order chi connectivity index (χ1) is 8.09. The fourth-order valence-electron chi connectivity index (χ4n) is 2.15. The van der Waals surface area contributed by atoms with Crippen LogP contribution in [0.5, 0.6) is 0 Å². The Morgan fingerprint density at radius 1 is 0.824 bits per heavy atom. The molecule has 0 N–H and O–H groups in total. The molecule has 0 nitrogen and oxygen atoms in total. The molecule has 0 spiro atoms. The minimum absolute atomic E-state index is 0.0585. The van der Waals surface area contributed by atoms with Crippen molar-refractivity contribution in [2.75, 3.05) is 0 Å². The van der Waals surface area contributed by atoms with E-state index in [-0.39, 0.29) is 5.38 Å². The predicted octanol–water partition coefficient (Wildman–Crippen LogP) is 4.94. The average molecular weight is 245 g/mol. The summed E-state index contributed by atoms with van der Waals surface area (Å²) in [5.74, 6) is 0. The number of aryl methyl sites for hydroxylation is 3. The standard InChI is InChI=1S/C16H17Cl/c1-11-8-9-15(13(3)10-11)16(17)14-7-5-4-6-12(14)2/h4-10,16H,1-3H3. The normalized spacial score (nSPS) is 12.5. The van der Waals surface area contributed by atoms with Crippen molar-refractivity contribution < 1.29 is 0 Å². The van der Waals surface area contributed by atoms with Gasteiger partial charge < -0.3 is 0 Å². The van der Waals surface area contributed by atoms with Gasteiger partial charge in [-0.1, -0.05) is 48.0 Å². The fraction of sp³-hybridized carbons (Fsp3) is 0.250. The van der Waals surface area contributed by atoms with Crippen molar-refractivity contribution in [3.05, 3.63) is 70.3 Å². The molecule has 0 heterocycles. The average Bonchev–Trinajstić information content (AvgIpc) is 2.29. The topological polar surface area (TPSA) is 0 Å². The van der Waals surface area contributed by atoms with Crippen LogP contribution in [0.4, 0.5) is 0 Å². The van der Waals surface area contributed by atoms with E-state index in [0.717, 1.165) is 0 Å². The number of halogens is 1. The van der Waals surface area contributed by atoms with Crippen molar-refractivity contribution >= 4 is 11.6 Å². The van der Waals surface area contributed by atoms with Gasteiger partial charge in [0.25, 0.3) is 0 Å². The Hall–Kier alpha value is -1.27. The fourth-order valence-corrected chi connectivity index (χ4v) is 2.64. The molecule has 88 valence electrons. The second kappa shape index (κ2) is 4.93. The van der Waals surface area contributed by atoms with Gasteiger partial charge in [-0.15, -0.1) is 11.6 Å². The molecule has 17 heavy (non-hydrogen) atoms. The Labute approximate surface area is 108 Å². The zero-order chi connectivity index (χ0) is 12.4. The zero-order valence-corrected chi connectivity index (χ0v) is 11.3. The van der Waals surface area contributed by atoms with Crippen molar-refractivity contribution in [3.8, 4) is 0 Å². The van der Waals surface area contributed by atoms with Crippen LogP contribution in [0.25, 0.3) is 0 Å². The van der Waals surface area contributed by atoms with Gasteiger partial charge in [0.1, 0.15) is 0 Å². The molecular formula is C16H17Cl. The molecule has 0 aromatic heterocycles. The molecule has 0 aliphatic heterocycles. The summed E-state index contributed by atoms with van der Waals surface area (Å²) in [7, 11) is 0. The van der Waals surface area contributed by atoms with Crippen molar-refractivity contribution in [3.63, 3.8) is 0 Å². The molecule has 0 saturated heterocycles. The second-order valence-corrected chi connectivity index (χ2v) is 5.02. The van der Waals surface area contributed by atoms with Gasteiger partial charge in [-0.25, -0.2) is 0 Å². The molecule has 0 saturated carbocycles. The van der Waals surface area contributed by atoms with Crippen LogP contribution in [-0.2, 0) is 0 Å². The lowest BCUT2D eigenvalue weighted by molar-refractivity contribution is 1.08. The summed E-state index contributed by atoms with van der Waals surface area (Å²) >= 11 is 6.59. The molecule has 2 rings (SSSR count). The molecule has 0 aliphatic carbocycles. The number of rotatable bonds is 2. The Morgan fingerprint density at radius 2 is 1.47 bits per heavy atom. The summed E-state index contributed by atoms with van der Waals surface area (Å²) in [4.78, 5) is 0. The molecule has 2 aromatic rings. The highest BCUT2D eigenvalue weighted by atomic mass is 35.5. The molecule has 0 fully saturated rings. The van der Waals surface area contributed by atoms with E-state index in [1.807, 2.05) is 12.1 Å². The van der Waals surface area contributed by atoms with E-state index in [2.05, 4.69) is 51.1 Å². The van der Waals surface area contributed by atoms with Crippen molar-refractivity contribution in [1.29, 1.82) is 0 Å². The number of hydrogen-bond donors (Lipinski definition) is 0. The van der Waals surface area contributed by atoms with E-state index in [1.165, 1.54) is 27.8 Å². The van der Waals surface area contributed by atoms with Gasteiger partial charge in [0.05, 0.1) is 5.38 Å². The molecule has 1 atom stereocenters. The molecule has 1 unspecified atom stereocenters. The first-order valence-corrected chi connectivity index (χ1v) is 6.30. The minimum atomic E-state index is -0.0585. The summed E-state index contributed by atoms with van der Waals surface area (Å²) < 4.78 is 0. The first kappa shape index (κ1) is 12.2. The minimum Gasteiger partial charge on any atom is -0.113 e. The third-order valence-corrected chi connectivity index (χ3v) is 3.63. The molecule has 0 bridgehead atoms. The Bertz CT molecular complexity index is 529. The summed E-state index contributed by atoms with van der Waals surface area (Å²) in [6.45, 7) is 6.33. The molecule has 2 aromatic carbocycles. The van der Waals surface area contributed by atoms with Gasteiger partial charge in [-0.3, -0.25) is 0 Å². The van der Waals surface area contributed by atoms with Gasteiger partial charge in [0, 0.05) is 0 Å². The van der Waals surface area contributed by atoms with Crippen molar-refractivity contribution in [2.24, 2.45) is 0 Å². The summed E-state index contributed by atoms with van der Waals surface area (Å²) in [5, 5.41) is -0.0585. The van der Waals surface area contributed by atoms with Gasteiger partial charge in [0.15, 0.2) is 0 Å². The van der Waals surface area contributed by atoms with Crippen LogP contribution in [-0.4, -0.2) is 0 Å². The predicted molar refractivity (Wildman–Crippen MR) is 74.8 cm³/mol. The number of benzene rings is 2. The van der Waals surface area contributed by atoms with Gasteiger partial charge >= 0.3 is 0 Å². The highest BCUT2D eigenvalue weighted by molar-refractivity contribution is 6.22. The maximum absolute atomic E-state index is 6.59. The van der Waals surface area contributed by atoms with Crippen LogP contribution >= 0.6 is 11.6 Å². The summed E-state index contributed by atoms with van der Waals surface area (Å²) in [5.41, 5.74) is 6.17. The Morgan fingerprint density at radius 3 is 2.12 bits per heavy atom. The lowest BCUT2D eigenvalue weighted by Gasteiger charge is -2.15. The van der Waals surface area contributed by atoms with E-state index < -0.39 is 0 Å². The lowest BCUT2D eigenvalue weighted by Crippen LogP contribution is -1.98. The molecule has 0 aliphatic rings. The Kier molecular flexibility index (Phi) is 3.54. The van der Waals surface area contributed by atoms with E-state index >= 15 is 0 Å². The molecule has 1 heteroatoms.